The number of alkyl halides is 3. The molecule has 8 heteroatoms. The Balaban J connectivity index is 2.50. The highest BCUT2D eigenvalue weighted by atomic mass is 127. The van der Waals surface area contributed by atoms with Crippen LogP contribution in [0.1, 0.15) is 11.3 Å². The van der Waals surface area contributed by atoms with E-state index in [1.807, 2.05) is 21.2 Å². The van der Waals surface area contributed by atoms with Gasteiger partial charge in [-0.15, -0.1) is 0 Å². The standard InChI is InChI=1S/C13H6F3IN2OS/c14-13(15,16)9-2-1-3-10(8-9)19-6-4-12(20)11(18-19)5-7-21-17/h1-4,6,8H. The van der Waals surface area contributed by atoms with E-state index in [4.69, 9.17) is 0 Å². The number of aromatic nitrogens is 2. The fourth-order valence-corrected chi connectivity index (χ4v) is 2.00. The van der Waals surface area contributed by atoms with Crippen molar-refractivity contribution < 1.29 is 13.2 Å². The first-order chi connectivity index (χ1) is 9.91. The quantitative estimate of drug-likeness (QED) is 0.520. The molecule has 0 spiro atoms. The fourth-order valence-electron chi connectivity index (χ4n) is 1.53. The van der Waals surface area contributed by atoms with Gasteiger partial charge in [0, 0.05) is 33.5 Å². The van der Waals surface area contributed by atoms with Crippen LogP contribution in [0.5, 0.6) is 0 Å². The summed E-state index contributed by atoms with van der Waals surface area (Å²) in [6.07, 6.45) is -3.13. The van der Waals surface area contributed by atoms with Crippen molar-refractivity contribution in [2.45, 2.75) is 6.18 Å². The van der Waals surface area contributed by atoms with Crippen LogP contribution in [0.4, 0.5) is 13.2 Å². The molecule has 3 nitrogen and oxygen atoms in total. The third-order valence-corrected chi connectivity index (χ3v) is 3.29. The van der Waals surface area contributed by atoms with Gasteiger partial charge in [-0.3, -0.25) is 4.79 Å². The third-order valence-electron chi connectivity index (χ3n) is 2.45. The van der Waals surface area contributed by atoms with Crippen molar-refractivity contribution in [2.24, 2.45) is 0 Å². The van der Waals surface area contributed by atoms with Gasteiger partial charge in [-0.1, -0.05) is 6.07 Å². The summed E-state index contributed by atoms with van der Waals surface area (Å²) in [6.45, 7) is 0. The van der Waals surface area contributed by atoms with E-state index in [2.05, 4.69) is 16.3 Å². The summed E-state index contributed by atoms with van der Waals surface area (Å²) in [5.41, 5.74) is -0.971. The summed E-state index contributed by atoms with van der Waals surface area (Å²) in [5.74, 6) is 2.56. The molecule has 0 amide bonds. The van der Waals surface area contributed by atoms with Crippen LogP contribution in [0.25, 0.3) is 5.69 Å². The molecule has 108 valence electrons. The zero-order valence-corrected chi connectivity index (χ0v) is 13.2. The van der Waals surface area contributed by atoms with Crippen LogP contribution >= 0.6 is 30.1 Å². The van der Waals surface area contributed by atoms with E-state index < -0.39 is 11.7 Å². The van der Waals surface area contributed by atoms with Crippen molar-refractivity contribution in [1.82, 2.24) is 9.78 Å². The molecule has 0 radical (unpaired) electrons. The number of hydrogen-bond acceptors (Lipinski definition) is 3. The lowest BCUT2D eigenvalue weighted by Crippen LogP contribution is -2.14. The van der Waals surface area contributed by atoms with Gasteiger partial charge in [0.25, 0.3) is 0 Å². The van der Waals surface area contributed by atoms with Gasteiger partial charge >= 0.3 is 6.18 Å². The van der Waals surface area contributed by atoms with Crippen molar-refractivity contribution in [3.05, 3.63) is 58.0 Å². The zero-order valence-electron chi connectivity index (χ0n) is 10.2. The lowest BCUT2D eigenvalue weighted by Gasteiger charge is -2.10. The second kappa shape index (κ2) is 6.53. The molecule has 0 aliphatic heterocycles. The van der Waals surface area contributed by atoms with E-state index >= 15 is 0 Å². The van der Waals surface area contributed by atoms with Crippen LogP contribution in [-0.2, 0) is 6.18 Å². The molecule has 0 saturated carbocycles. The van der Waals surface area contributed by atoms with Gasteiger partial charge < -0.3 is 0 Å². The molecule has 2 rings (SSSR count). The summed E-state index contributed by atoms with van der Waals surface area (Å²) in [5, 5.41) is 6.57. The van der Waals surface area contributed by atoms with E-state index in [-0.39, 0.29) is 16.8 Å². The fraction of sp³-hybridized carbons (Fsp3) is 0.0769. The van der Waals surface area contributed by atoms with Crippen molar-refractivity contribution in [1.29, 1.82) is 0 Å². The highest BCUT2D eigenvalue weighted by molar-refractivity contribution is 14.2. The maximum atomic E-state index is 12.7. The first-order valence-corrected chi connectivity index (χ1v) is 8.84. The molecule has 0 N–H and O–H groups in total. The van der Waals surface area contributed by atoms with Gasteiger partial charge in [0.1, 0.15) is 0 Å². The van der Waals surface area contributed by atoms with Crippen molar-refractivity contribution >= 4 is 30.1 Å². The summed E-state index contributed by atoms with van der Waals surface area (Å²) in [4.78, 5) is 11.6. The maximum Gasteiger partial charge on any atom is 0.416 e. The minimum absolute atomic E-state index is 0.0147. The molecule has 0 aliphatic carbocycles. The summed E-state index contributed by atoms with van der Waals surface area (Å²) in [6, 6.07) is 5.90. The van der Waals surface area contributed by atoms with Gasteiger partial charge in [-0.05, 0) is 38.3 Å². The molecule has 1 aromatic carbocycles. The van der Waals surface area contributed by atoms with E-state index in [0.717, 1.165) is 12.1 Å². The predicted octanol–water partition coefficient (Wildman–Crippen LogP) is 3.64. The van der Waals surface area contributed by atoms with Crippen LogP contribution in [0.3, 0.4) is 0 Å². The van der Waals surface area contributed by atoms with Crippen molar-refractivity contribution in [2.75, 3.05) is 0 Å². The Morgan fingerprint density at radius 3 is 2.71 bits per heavy atom. The van der Waals surface area contributed by atoms with E-state index in [9.17, 15) is 18.0 Å². The van der Waals surface area contributed by atoms with Gasteiger partial charge in [-0.25, -0.2) is 4.68 Å². The minimum Gasteiger partial charge on any atom is -0.287 e. The summed E-state index contributed by atoms with van der Waals surface area (Å²) < 4.78 is 39.3. The van der Waals surface area contributed by atoms with Crippen LogP contribution in [-0.4, -0.2) is 9.78 Å². The highest BCUT2D eigenvalue weighted by Gasteiger charge is 2.30. The van der Waals surface area contributed by atoms with E-state index in [0.29, 0.717) is 0 Å². The summed E-state index contributed by atoms with van der Waals surface area (Å²) in [7, 11) is 1.18. The molecule has 0 saturated heterocycles. The van der Waals surface area contributed by atoms with Crippen molar-refractivity contribution in [3.63, 3.8) is 0 Å². The highest BCUT2D eigenvalue weighted by Crippen LogP contribution is 2.30. The average molecular weight is 422 g/mol. The Kier molecular flexibility index (Phi) is 4.95. The predicted molar refractivity (Wildman–Crippen MR) is 83.3 cm³/mol. The zero-order chi connectivity index (χ0) is 15.5. The molecule has 21 heavy (non-hydrogen) atoms. The Hall–Kier alpha value is -1.47. The second-order valence-corrected chi connectivity index (χ2v) is 5.51. The number of halogens is 4. The molecule has 1 heterocycles. The molecule has 0 unspecified atom stereocenters. The molecule has 0 fully saturated rings. The molecule has 0 atom stereocenters. The maximum absolute atomic E-state index is 12.7. The first-order valence-electron chi connectivity index (χ1n) is 5.48. The summed E-state index contributed by atoms with van der Waals surface area (Å²) >= 11 is 1.94. The largest absolute Gasteiger partial charge is 0.416 e. The minimum atomic E-state index is -4.43. The van der Waals surface area contributed by atoms with Crippen LogP contribution in [0.15, 0.2) is 41.3 Å². The molecule has 2 aromatic rings. The Bertz CT molecular complexity index is 777. The molecule has 0 bridgehead atoms. The number of nitrogens with zero attached hydrogens (tertiary/aromatic N) is 2. The molecular weight excluding hydrogens is 416 g/mol. The first kappa shape index (κ1) is 15.9. The second-order valence-electron chi connectivity index (χ2n) is 3.83. The molecule has 1 aromatic heterocycles. The number of benzene rings is 1. The normalized spacial score (nSPS) is 10.9. The van der Waals surface area contributed by atoms with Gasteiger partial charge in [0.15, 0.2) is 5.69 Å². The number of hydrogen-bond donors (Lipinski definition) is 0. The van der Waals surface area contributed by atoms with Gasteiger partial charge in [-0.2, -0.15) is 18.3 Å². The average Bonchev–Trinajstić information content (AvgIpc) is 2.46. The lowest BCUT2D eigenvalue weighted by molar-refractivity contribution is -0.137. The Morgan fingerprint density at radius 2 is 2.05 bits per heavy atom. The SMILES string of the molecule is O=c1ccn(-c2cccc(C(F)(F)F)c2)nc1C#CSI. The monoisotopic (exact) mass is 422 g/mol. The molecule has 0 aliphatic rings. The van der Waals surface area contributed by atoms with E-state index in [1.165, 1.54) is 38.0 Å². The van der Waals surface area contributed by atoms with Gasteiger partial charge in [0.05, 0.1) is 11.3 Å². The smallest absolute Gasteiger partial charge is 0.287 e. The number of rotatable bonds is 1. The van der Waals surface area contributed by atoms with Crippen LogP contribution in [0, 0.1) is 11.2 Å². The Morgan fingerprint density at radius 1 is 1.29 bits per heavy atom. The van der Waals surface area contributed by atoms with Crippen LogP contribution in [0.2, 0.25) is 0 Å². The third kappa shape index (κ3) is 4.01. The van der Waals surface area contributed by atoms with Crippen LogP contribution < -0.4 is 5.43 Å². The van der Waals surface area contributed by atoms with Gasteiger partial charge in [0.2, 0.25) is 5.43 Å². The molecular formula is C13H6F3IN2OS. The Labute approximate surface area is 134 Å². The lowest BCUT2D eigenvalue weighted by atomic mass is 10.2. The topological polar surface area (TPSA) is 34.9 Å². The van der Waals surface area contributed by atoms with E-state index in [1.54, 1.807) is 0 Å². The van der Waals surface area contributed by atoms with Crippen molar-refractivity contribution in [3.8, 4) is 16.9 Å².